The molecule has 0 bridgehead atoms. The number of piperidine rings is 1. The maximum Gasteiger partial charge on any atom is 0.471 e. The molecule has 0 unspecified atom stereocenters. The van der Waals surface area contributed by atoms with Gasteiger partial charge in [0.1, 0.15) is 18.3 Å². The fourth-order valence-electron chi connectivity index (χ4n) is 5.88. The highest BCUT2D eigenvalue weighted by molar-refractivity contribution is 6.99. The van der Waals surface area contributed by atoms with Crippen LogP contribution in [0.25, 0.3) is 0 Å². The van der Waals surface area contributed by atoms with Crippen LogP contribution in [0, 0.1) is 29.1 Å². The van der Waals surface area contributed by atoms with Crippen molar-refractivity contribution in [2.75, 3.05) is 19.7 Å². The predicted molar refractivity (Wildman–Crippen MR) is 137 cm³/mol. The average molecular weight is 603 g/mol. The summed E-state index contributed by atoms with van der Waals surface area (Å²) >= 11 is 0.885. The van der Waals surface area contributed by atoms with Crippen LogP contribution in [0.15, 0.2) is 6.20 Å². The van der Waals surface area contributed by atoms with Crippen LogP contribution < -0.4 is 20.7 Å². The van der Waals surface area contributed by atoms with Crippen molar-refractivity contribution in [2.45, 2.75) is 64.8 Å². The van der Waals surface area contributed by atoms with E-state index >= 15 is 0 Å². The number of ether oxygens (including phenoxy) is 1. The summed E-state index contributed by atoms with van der Waals surface area (Å²) in [7, 11) is 0. The van der Waals surface area contributed by atoms with Crippen molar-refractivity contribution in [3.63, 3.8) is 0 Å². The van der Waals surface area contributed by atoms with Crippen molar-refractivity contribution in [2.24, 2.45) is 29.1 Å². The number of nitrogens with one attached hydrogen (secondary N) is 3. The Morgan fingerprint density at radius 1 is 1.24 bits per heavy atom. The highest BCUT2D eigenvalue weighted by Gasteiger charge is 2.69. The topological polar surface area (TPSA) is 160 Å². The second kappa shape index (κ2) is 11.5. The first-order chi connectivity index (χ1) is 19.1. The smallest absolute Gasteiger partial charge is 0.468 e. The lowest BCUT2D eigenvalue weighted by molar-refractivity contribution is -0.175. The number of hydrogen-bond acceptors (Lipinski definition) is 9. The Kier molecular flexibility index (Phi) is 8.62. The zero-order valence-corrected chi connectivity index (χ0v) is 23.8. The first kappa shape index (κ1) is 30.7. The fraction of sp³-hybridized carbons (Fsp3) is 0.720. The average Bonchev–Trinajstić information content (AvgIpc) is 3.45. The van der Waals surface area contributed by atoms with Gasteiger partial charge in [0.2, 0.25) is 23.6 Å². The zero-order chi connectivity index (χ0) is 30.3. The van der Waals surface area contributed by atoms with E-state index in [-0.39, 0.29) is 42.0 Å². The number of carbonyl (C=O) groups is 5. The van der Waals surface area contributed by atoms with Gasteiger partial charge in [-0.15, -0.1) is 4.37 Å². The Hall–Kier alpha value is -3.30. The Morgan fingerprint density at radius 2 is 1.95 bits per heavy atom. The molecule has 1 aliphatic carbocycles. The van der Waals surface area contributed by atoms with Crippen LogP contribution in [0.4, 0.5) is 13.2 Å². The minimum atomic E-state index is -5.18. The Labute approximate surface area is 238 Å². The summed E-state index contributed by atoms with van der Waals surface area (Å²) in [4.78, 5) is 65.6. The third-order valence-corrected chi connectivity index (χ3v) is 8.79. The molecule has 3 fully saturated rings. The summed E-state index contributed by atoms with van der Waals surface area (Å²) in [6, 6.07) is -3.73. The first-order valence-electron chi connectivity index (χ1n) is 13.3. The van der Waals surface area contributed by atoms with E-state index < -0.39 is 66.2 Å². The van der Waals surface area contributed by atoms with Crippen LogP contribution in [-0.4, -0.2) is 87.1 Å². The minimum absolute atomic E-state index is 0.00347. The minimum Gasteiger partial charge on any atom is -0.468 e. The van der Waals surface area contributed by atoms with Crippen LogP contribution in [0.5, 0.6) is 5.88 Å². The standard InChI is InChI=1S/C25H33F3N6O6S/c1-11(2)18(32-23(39)25(26,27)28)22(38)34-9-13-17(24(13,3)4)19(34)21(37)31-14(7-12-5-6-29-20(12)36)15(35)10-40-16-8-30-41-33-16/h8,11-14,17-19H,5-7,9-10H2,1-4H3,(H,29,36)(H,31,37)(H,32,39)/t12-,13-,14-,17-,18-,19-/m0/s1. The van der Waals surface area contributed by atoms with Gasteiger partial charge in [0.25, 0.3) is 0 Å². The highest BCUT2D eigenvalue weighted by Crippen LogP contribution is 2.65. The molecule has 16 heteroatoms. The van der Waals surface area contributed by atoms with Gasteiger partial charge >= 0.3 is 12.1 Å². The number of amides is 4. The Bertz CT molecular complexity index is 1190. The van der Waals surface area contributed by atoms with Crippen molar-refractivity contribution in [3.8, 4) is 5.88 Å². The lowest BCUT2D eigenvalue weighted by Crippen LogP contribution is -2.59. The number of ketones is 1. The molecular weight excluding hydrogens is 569 g/mol. The molecule has 41 heavy (non-hydrogen) atoms. The van der Waals surface area contributed by atoms with Gasteiger partial charge in [-0.25, -0.2) is 0 Å². The molecule has 2 saturated heterocycles. The second-order valence-corrected chi connectivity index (χ2v) is 12.2. The number of alkyl halides is 3. The van der Waals surface area contributed by atoms with Gasteiger partial charge in [-0.2, -0.15) is 17.5 Å². The van der Waals surface area contributed by atoms with Gasteiger partial charge < -0.3 is 25.6 Å². The molecule has 1 aromatic heterocycles. The third-order valence-electron chi connectivity index (χ3n) is 8.33. The molecule has 1 saturated carbocycles. The number of aromatic nitrogens is 2. The molecule has 1 aromatic rings. The molecule has 3 heterocycles. The molecule has 4 rings (SSSR count). The summed E-state index contributed by atoms with van der Waals surface area (Å²) in [5.74, 6) is -5.98. The van der Waals surface area contributed by atoms with Crippen molar-refractivity contribution in [1.82, 2.24) is 29.6 Å². The monoisotopic (exact) mass is 602 g/mol. The number of halogens is 3. The number of likely N-dealkylation sites (tertiary alicyclic amines) is 1. The number of nitrogens with zero attached hydrogens (tertiary/aromatic N) is 3. The summed E-state index contributed by atoms with van der Waals surface area (Å²) < 4.78 is 52.0. The molecule has 2 aliphatic heterocycles. The quantitative estimate of drug-likeness (QED) is 0.334. The number of fused-ring (bicyclic) bond motifs is 1. The van der Waals surface area contributed by atoms with E-state index in [0.29, 0.717) is 13.0 Å². The number of hydrogen-bond donors (Lipinski definition) is 3. The normalized spacial score (nSPS) is 26.1. The van der Waals surface area contributed by atoms with Crippen LogP contribution >= 0.6 is 11.7 Å². The van der Waals surface area contributed by atoms with Crippen LogP contribution in [0.3, 0.4) is 0 Å². The first-order valence-corrected chi connectivity index (χ1v) is 14.0. The molecule has 0 radical (unpaired) electrons. The van der Waals surface area contributed by atoms with E-state index in [1.807, 2.05) is 13.8 Å². The van der Waals surface area contributed by atoms with Crippen LogP contribution in [0.1, 0.15) is 40.5 Å². The molecule has 3 N–H and O–H groups in total. The van der Waals surface area contributed by atoms with E-state index in [0.717, 1.165) is 11.7 Å². The predicted octanol–water partition coefficient (Wildman–Crippen LogP) is 0.683. The van der Waals surface area contributed by atoms with Crippen molar-refractivity contribution in [1.29, 1.82) is 0 Å². The molecule has 3 aliphatic rings. The highest BCUT2D eigenvalue weighted by atomic mass is 32.1. The maximum absolute atomic E-state index is 13.8. The van der Waals surface area contributed by atoms with Crippen LogP contribution in [0.2, 0.25) is 0 Å². The maximum atomic E-state index is 13.8. The second-order valence-electron chi connectivity index (χ2n) is 11.7. The molecule has 4 amide bonds. The lowest BCUT2D eigenvalue weighted by Gasteiger charge is -2.35. The summed E-state index contributed by atoms with van der Waals surface area (Å²) in [6.45, 7) is 6.94. The lowest BCUT2D eigenvalue weighted by atomic mass is 9.94. The van der Waals surface area contributed by atoms with Gasteiger partial charge in [-0.3, -0.25) is 24.0 Å². The van der Waals surface area contributed by atoms with Gasteiger partial charge in [-0.1, -0.05) is 27.7 Å². The number of carbonyl (C=O) groups excluding carboxylic acids is 5. The SMILES string of the molecule is CC(C)[C@H](NC(=O)C(F)(F)F)C(=O)N1C[C@H]2[C@@H]([C@H]1C(=O)N[C@@H](C[C@@H]1CCNC1=O)C(=O)COc1cnsn1)C2(C)C. The van der Waals surface area contributed by atoms with Gasteiger partial charge in [0, 0.05) is 19.0 Å². The van der Waals surface area contributed by atoms with Crippen molar-refractivity contribution < 1.29 is 41.9 Å². The molecule has 0 spiro atoms. The summed E-state index contributed by atoms with van der Waals surface area (Å²) in [6.07, 6.45) is -3.38. The van der Waals surface area contributed by atoms with E-state index in [9.17, 15) is 37.1 Å². The van der Waals surface area contributed by atoms with Gasteiger partial charge in [0.05, 0.1) is 17.8 Å². The molecule has 6 atom stereocenters. The number of rotatable bonds is 11. The molecule has 12 nitrogen and oxygen atoms in total. The third kappa shape index (κ3) is 6.46. The van der Waals surface area contributed by atoms with Crippen molar-refractivity contribution in [3.05, 3.63) is 6.20 Å². The molecule has 226 valence electrons. The van der Waals surface area contributed by atoms with Crippen LogP contribution in [-0.2, 0) is 24.0 Å². The van der Waals surface area contributed by atoms with Gasteiger partial charge in [-0.05, 0) is 36.0 Å². The van der Waals surface area contributed by atoms with E-state index in [2.05, 4.69) is 19.4 Å². The van der Waals surface area contributed by atoms with Gasteiger partial charge in [0.15, 0.2) is 12.4 Å². The largest absolute Gasteiger partial charge is 0.471 e. The van der Waals surface area contributed by atoms with E-state index in [4.69, 9.17) is 4.74 Å². The fourth-order valence-corrected chi connectivity index (χ4v) is 6.24. The van der Waals surface area contributed by atoms with E-state index in [1.54, 1.807) is 5.32 Å². The Morgan fingerprint density at radius 3 is 2.51 bits per heavy atom. The summed E-state index contributed by atoms with van der Waals surface area (Å²) in [5.41, 5.74) is -0.326. The summed E-state index contributed by atoms with van der Waals surface area (Å²) in [5, 5.41) is 7.17. The number of Topliss-reactive ketones (excluding diaryl/α,β-unsaturated/α-hetero) is 1. The molecule has 0 aromatic carbocycles. The van der Waals surface area contributed by atoms with E-state index in [1.165, 1.54) is 24.9 Å². The molecular formula is C25H33F3N6O6S. The van der Waals surface area contributed by atoms with Crippen molar-refractivity contribution >= 4 is 41.1 Å². The Balaban J connectivity index is 1.54. The zero-order valence-electron chi connectivity index (χ0n) is 23.0.